The fourth-order valence-corrected chi connectivity index (χ4v) is 8.19. The molecule has 0 N–H and O–H groups in total. The van der Waals surface area contributed by atoms with Gasteiger partial charge in [-0.2, -0.15) is 0 Å². The summed E-state index contributed by atoms with van der Waals surface area (Å²) in [5.74, 6) is 0. The van der Waals surface area contributed by atoms with E-state index >= 15 is 0 Å². The molecule has 0 spiro atoms. The van der Waals surface area contributed by atoms with Crippen molar-refractivity contribution in [2.24, 2.45) is 0 Å². The average molecular weight is 582 g/mol. The third-order valence-electron chi connectivity index (χ3n) is 7.07. The molecule has 0 atom stereocenters. The van der Waals surface area contributed by atoms with Gasteiger partial charge in [0.1, 0.15) is 0 Å². The Hall–Kier alpha value is -2.72. The number of rotatable bonds is 2. The van der Waals surface area contributed by atoms with Crippen LogP contribution in [0.2, 0.25) is 0 Å². The van der Waals surface area contributed by atoms with Crippen molar-refractivity contribution in [3.8, 4) is 11.1 Å². The number of hydrogen-bond donors (Lipinski definition) is 0. The van der Waals surface area contributed by atoms with Gasteiger partial charge in [0.05, 0.1) is 5.41 Å². The molecule has 34 heavy (non-hydrogen) atoms. The topological polar surface area (TPSA) is 0 Å². The van der Waals surface area contributed by atoms with Crippen molar-refractivity contribution in [2.75, 3.05) is 0 Å². The van der Waals surface area contributed by atoms with Crippen LogP contribution in [0.3, 0.4) is 0 Å². The molecule has 162 valence electrons. The Morgan fingerprint density at radius 2 is 1.26 bits per heavy atom. The molecular weight excluding hydrogens is 564 g/mol. The van der Waals surface area contributed by atoms with Crippen molar-refractivity contribution >= 4 is 63.4 Å². The van der Waals surface area contributed by atoms with Gasteiger partial charge in [-0.1, -0.05) is 117 Å². The summed E-state index contributed by atoms with van der Waals surface area (Å²) in [4.78, 5) is 0. The Labute approximate surface area is 219 Å². The van der Waals surface area contributed by atoms with Crippen molar-refractivity contribution in [1.29, 1.82) is 0 Å². The molecule has 7 rings (SSSR count). The molecule has 1 aromatic heterocycles. The predicted molar refractivity (Wildman–Crippen MR) is 152 cm³/mol. The summed E-state index contributed by atoms with van der Waals surface area (Å²) in [7, 11) is 0. The smallest absolute Gasteiger partial charge is 0.0714 e. The van der Waals surface area contributed by atoms with Crippen molar-refractivity contribution < 1.29 is 0 Å². The maximum absolute atomic E-state index is 4.00. The van der Waals surface area contributed by atoms with Crippen LogP contribution in [0.5, 0.6) is 0 Å². The first-order valence-electron chi connectivity index (χ1n) is 11.3. The molecular formula is C31H18Br2S. The van der Waals surface area contributed by atoms with Crippen LogP contribution in [0.4, 0.5) is 0 Å². The summed E-state index contributed by atoms with van der Waals surface area (Å²) in [6.45, 7) is 0. The number of benzene rings is 5. The van der Waals surface area contributed by atoms with E-state index in [4.69, 9.17) is 0 Å². The van der Waals surface area contributed by atoms with Crippen LogP contribution in [-0.4, -0.2) is 0 Å². The van der Waals surface area contributed by atoms with Gasteiger partial charge in [0, 0.05) is 34.7 Å². The molecule has 6 aromatic rings. The van der Waals surface area contributed by atoms with Crippen molar-refractivity contribution in [3.63, 3.8) is 0 Å². The number of fused-ring (bicyclic) bond motifs is 7. The lowest BCUT2D eigenvalue weighted by Crippen LogP contribution is -2.28. The van der Waals surface area contributed by atoms with Gasteiger partial charge < -0.3 is 0 Å². The second-order valence-electron chi connectivity index (χ2n) is 8.76. The summed E-state index contributed by atoms with van der Waals surface area (Å²) in [6, 6.07) is 39.8. The van der Waals surface area contributed by atoms with E-state index in [-0.39, 0.29) is 0 Å². The molecule has 0 amide bonds. The lowest BCUT2D eigenvalue weighted by Gasteiger charge is -2.34. The van der Waals surface area contributed by atoms with Gasteiger partial charge in [-0.15, -0.1) is 11.3 Å². The molecule has 3 heteroatoms. The number of halogens is 2. The zero-order chi connectivity index (χ0) is 22.9. The molecule has 1 heterocycles. The summed E-state index contributed by atoms with van der Waals surface area (Å²) < 4.78 is 4.92. The maximum Gasteiger partial charge on any atom is 0.0714 e. The van der Waals surface area contributed by atoms with Crippen molar-refractivity contribution in [3.05, 3.63) is 140 Å². The highest BCUT2D eigenvalue weighted by atomic mass is 79.9. The molecule has 0 saturated carbocycles. The lowest BCUT2D eigenvalue weighted by molar-refractivity contribution is 0.768. The first-order chi connectivity index (χ1) is 16.7. The third-order valence-corrected chi connectivity index (χ3v) is 9.38. The zero-order valence-electron chi connectivity index (χ0n) is 18.1. The average Bonchev–Trinajstić information content (AvgIpc) is 3.39. The highest BCUT2D eigenvalue weighted by Gasteiger charge is 2.47. The monoisotopic (exact) mass is 580 g/mol. The zero-order valence-corrected chi connectivity index (χ0v) is 22.0. The summed E-state index contributed by atoms with van der Waals surface area (Å²) >= 11 is 9.69. The van der Waals surface area contributed by atoms with Crippen LogP contribution in [0.1, 0.15) is 22.3 Å². The quantitative estimate of drug-likeness (QED) is 0.190. The fourth-order valence-electron chi connectivity index (χ4n) is 5.77. The lowest BCUT2D eigenvalue weighted by atomic mass is 9.68. The van der Waals surface area contributed by atoms with Crippen LogP contribution in [-0.2, 0) is 5.41 Å². The molecule has 0 nitrogen and oxygen atoms in total. The number of hydrogen-bond acceptors (Lipinski definition) is 1. The van der Waals surface area contributed by atoms with Gasteiger partial charge in [0.25, 0.3) is 0 Å². The Morgan fingerprint density at radius 1 is 0.618 bits per heavy atom. The Bertz CT molecular complexity index is 1680. The van der Waals surface area contributed by atoms with Gasteiger partial charge in [-0.05, 0) is 52.1 Å². The molecule has 0 fully saturated rings. The van der Waals surface area contributed by atoms with Crippen molar-refractivity contribution in [1.82, 2.24) is 0 Å². The minimum Gasteiger partial charge on any atom is -0.134 e. The van der Waals surface area contributed by atoms with Gasteiger partial charge in [-0.3, -0.25) is 0 Å². The Balaban J connectivity index is 1.74. The molecule has 0 saturated heterocycles. The minimum atomic E-state index is -0.399. The molecule has 5 aromatic carbocycles. The normalized spacial score (nSPS) is 13.8. The van der Waals surface area contributed by atoms with Gasteiger partial charge in [-0.25, -0.2) is 0 Å². The summed E-state index contributed by atoms with van der Waals surface area (Å²) in [5, 5.41) is 2.62. The van der Waals surface area contributed by atoms with Gasteiger partial charge in [0.2, 0.25) is 0 Å². The van der Waals surface area contributed by atoms with Crippen LogP contribution in [0.15, 0.2) is 118 Å². The highest BCUT2D eigenvalue weighted by Crippen LogP contribution is 2.60. The van der Waals surface area contributed by atoms with E-state index in [0.717, 1.165) is 8.95 Å². The summed E-state index contributed by atoms with van der Waals surface area (Å²) in [5.41, 5.74) is 7.50. The molecule has 0 unspecified atom stereocenters. The largest absolute Gasteiger partial charge is 0.134 e. The van der Waals surface area contributed by atoms with E-state index in [9.17, 15) is 0 Å². The first-order valence-corrected chi connectivity index (χ1v) is 13.7. The first kappa shape index (κ1) is 20.6. The standard InChI is InChI=1S/C31H18Br2S/c32-21-15-16-22-24(17-21)31(19-9-3-1-4-10-19,20-11-5-2-6-12-20)25-18-26(33)29-23-13-7-8-14-27(23)34-30(29)28(22)25/h1-18H. The molecule has 0 aliphatic heterocycles. The van der Waals surface area contributed by atoms with E-state index in [1.54, 1.807) is 0 Å². The van der Waals surface area contributed by atoms with Crippen LogP contribution >= 0.6 is 43.2 Å². The highest BCUT2D eigenvalue weighted by molar-refractivity contribution is 9.11. The minimum absolute atomic E-state index is 0.399. The summed E-state index contributed by atoms with van der Waals surface area (Å²) in [6.07, 6.45) is 0. The molecule has 1 aliphatic rings. The van der Waals surface area contributed by atoms with Gasteiger partial charge in [0.15, 0.2) is 0 Å². The fraction of sp³-hybridized carbons (Fsp3) is 0.0323. The van der Waals surface area contributed by atoms with E-state index in [0.29, 0.717) is 0 Å². The van der Waals surface area contributed by atoms with E-state index in [2.05, 4.69) is 141 Å². The molecule has 0 bridgehead atoms. The van der Waals surface area contributed by atoms with Gasteiger partial charge >= 0.3 is 0 Å². The number of thiophene rings is 1. The second-order valence-corrected chi connectivity index (χ2v) is 11.6. The molecule has 1 aliphatic carbocycles. The van der Waals surface area contributed by atoms with Crippen LogP contribution in [0.25, 0.3) is 31.3 Å². The predicted octanol–water partition coefficient (Wildman–Crippen LogP) is 9.94. The van der Waals surface area contributed by atoms with Crippen molar-refractivity contribution in [2.45, 2.75) is 5.41 Å². The van der Waals surface area contributed by atoms with Crippen LogP contribution < -0.4 is 0 Å². The Kier molecular flexibility index (Phi) is 4.64. The van der Waals surface area contributed by atoms with Crippen LogP contribution in [0, 0.1) is 0 Å². The third kappa shape index (κ3) is 2.69. The maximum atomic E-state index is 4.00. The SMILES string of the molecule is Brc1ccc2c(c1)C(c1ccccc1)(c1ccccc1)c1cc(Br)c3c(sc4ccccc43)c1-2. The Morgan fingerprint density at radius 3 is 1.97 bits per heavy atom. The van der Waals surface area contributed by atoms with E-state index in [1.165, 1.54) is 53.6 Å². The van der Waals surface area contributed by atoms with E-state index < -0.39 is 5.41 Å². The molecule has 0 radical (unpaired) electrons. The van der Waals surface area contributed by atoms with E-state index in [1.807, 2.05) is 11.3 Å². The second kappa shape index (κ2) is 7.64.